The molecule has 4 heteroatoms. The second kappa shape index (κ2) is 7.11. The van der Waals surface area contributed by atoms with Crippen molar-refractivity contribution < 1.29 is 4.74 Å². The highest BCUT2D eigenvalue weighted by atomic mass is 16.5. The van der Waals surface area contributed by atoms with Gasteiger partial charge in [-0.05, 0) is 50.7 Å². The van der Waals surface area contributed by atoms with E-state index in [9.17, 15) is 0 Å². The zero-order valence-electron chi connectivity index (χ0n) is 15.2. The second-order valence-electron chi connectivity index (χ2n) is 7.69. The second-order valence-corrected chi connectivity index (χ2v) is 7.69. The number of ether oxygens (including phenoxy) is 1. The topological polar surface area (TPSA) is 47.9 Å². The van der Waals surface area contributed by atoms with Crippen LogP contribution in [0.5, 0.6) is 5.88 Å². The number of rotatable bonds is 5. The highest BCUT2D eigenvalue weighted by molar-refractivity contribution is 5.29. The van der Waals surface area contributed by atoms with E-state index < -0.39 is 0 Å². The molecule has 2 aliphatic carbocycles. The van der Waals surface area contributed by atoms with Crippen LogP contribution in [-0.4, -0.2) is 21.6 Å². The fourth-order valence-corrected chi connectivity index (χ4v) is 3.95. The molecule has 2 fully saturated rings. The van der Waals surface area contributed by atoms with Gasteiger partial charge in [0.1, 0.15) is 5.82 Å². The summed E-state index contributed by atoms with van der Waals surface area (Å²) in [5.74, 6) is 3.29. The van der Waals surface area contributed by atoms with E-state index in [0.29, 0.717) is 17.8 Å². The monoisotopic (exact) mass is 337 g/mol. The molecular formula is C21H27N3O. The van der Waals surface area contributed by atoms with E-state index in [1.807, 2.05) is 19.3 Å². The van der Waals surface area contributed by atoms with Crippen molar-refractivity contribution in [2.24, 2.45) is 5.92 Å². The number of hydrogen-bond acceptors (Lipinski definition) is 4. The third-order valence-electron chi connectivity index (χ3n) is 5.62. The third-order valence-corrected chi connectivity index (χ3v) is 5.62. The molecule has 2 saturated carbocycles. The summed E-state index contributed by atoms with van der Waals surface area (Å²) in [5, 5.41) is 0. The summed E-state index contributed by atoms with van der Waals surface area (Å²) >= 11 is 0. The Balaban J connectivity index is 1.41. The molecule has 0 spiro atoms. The van der Waals surface area contributed by atoms with Crippen molar-refractivity contribution in [3.63, 3.8) is 0 Å². The lowest BCUT2D eigenvalue weighted by atomic mass is 9.85. The number of aryl methyl sites for hydroxylation is 2. The van der Waals surface area contributed by atoms with Crippen molar-refractivity contribution in [2.75, 3.05) is 6.61 Å². The molecule has 0 N–H and O–H groups in total. The van der Waals surface area contributed by atoms with Crippen LogP contribution < -0.4 is 4.74 Å². The molecule has 1 unspecified atom stereocenters. The normalized spacial score (nSPS) is 23.4. The SMILES string of the molecule is Cc1ccc([C@H]2CC2COc2nc(C)ncc2C2CCCCC2)nc1. The van der Waals surface area contributed by atoms with Gasteiger partial charge >= 0.3 is 0 Å². The van der Waals surface area contributed by atoms with Crippen LogP contribution in [0.2, 0.25) is 0 Å². The molecule has 0 saturated heterocycles. The molecule has 2 aromatic heterocycles. The molecule has 0 amide bonds. The van der Waals surface area contributed by atoms with Crippen LogP contribution >= 0.6 is 0 Å². The summed E-state index contributed by atoms with van der Waals surface area (Å²) in [6, 6.07) is 4.30. The molecule has 2 aromatic rings. The minimum atomic E-state index is 0.543. The molecule has 25 heavy (non-hydrogen) atoms. The van der Waals surface area contributed by atoms with Crippen molar-refractivity contribution in [3.05, 3.63) is 47.2 Å². The first kappa shape index (κ1) is 16.5. The molecule has 4 rings (SSSR count). The smallest absolute Gasteiger partial charge is 0.220 e. The van der Waals surface area contributed by atoms with Gasteiger partial charge in [0, 0.05) is 35.5 Å². The Bertz CT molecular complexity index is 722. The first-order chi connectivity index (χ1) is 12.2. The van der Waals surface area contributed by atoms with E-state index in [4.69, 9.17) is 4.74 Å². The quantitative estimate of drug-likeness (QED) is 0.792. The van der Waals surface area contributed by atoms with Crippen molar-refractivity contribution in [3.8, 4) is 5.88 Å². The maximum atomic E-state index is 6.19. The Morgan fingerprint density at radius 3 is 2.64 bits per heavy atom. The van der Waals surface area contributed by atoms with E-state index in [-0.39, 0.29) is 0 Å². The summed E-state index contributed by atoms with van der Waals surface area (Å²) in [7, 11) is 0. The van der Waals surface area contributed by atoms with Gasteiger partial charge in [0.25, 0.3) is 0 Å². The van der Waals surface area contributed by atoms with Crippen LogP contribution in [-0.2, 0) is 0 Å². The lowest BCUT2D eigenvalue weighted by Gasteiger charge is -2.23. The molecule has 2 heterocycles. The number of nitrogens with zero attached hydrogens (tertiary/aromatic N) is 3. The Morgan fingerprint density at radius 1 is 1.04 bits per heavy atom. The summed E-state index contributed by atoms with van der Waals surface area (Å²) in [6.07, 6.45) is 11.6. The predicted molar refractivity (Wildman–Crippen MR) is 97.9 cm³/mol. The van der Waals surface area contributed by atoms with Crippen LogP contribution in [0.1, 0.15) is 73.0 Å². The highest BCUT2D eigenvalue weighted by Gasteiger charge is 2.40. The molecule has 4 nitrogen and oxygen atoms in total. The molecule has 2 aliphatic rings. The molecule has 0 radical (unpaired) electrons. The van der Waals surface area contributed by atoms with Gasteiger partial charge in [-0.2, -0.15) is 4.98 Å². The Morgan fingerprint density at radius 2 is 1.88 bits per heavy atom. The maximum Gasteiger partial charge on any atom is 0.220 e. The first-order valence-electron chi connectivity index (χ1n) is 9.59. The van der Waals surface area contributed by atoms with Crippen LogP contribution in [0.15, 0.2) is 24.5 Å². The Labute approximate surface area is 150 Å². The van der Waals surface area contributed by atoms with Crippen molar-refractivity contribution in [1.29, 1.82) is 0 Å². The van der Waals surface area contributed by atoms with E-state index >= 15 is 0 Å². The van der Waals surface area contributed by atoms with E-state index in [1.165, 1.54) is 55.3 Å². The fourth-order valence-electron chi connectivity index (χ4n) is 3.95. The predicted octanol–water partition coefficient (Wildman–Crippen LogP) is 4.72. The molecule has 0 bridgehead atoms. The van der Waals surface area contributed by atoms with Gasteiger partial charge in [0.05, 0.1) is 6.61 Å². The summed E-state index contributed by atoms with van der Waals surface area (Å²) in [6.45, 7) is 4.75. The van der Waals surface area contributed by atoms with E-state index in [1.54, 1.807) is 0 Å². The minimum Gasteiger partial charge on any atom is -0.477 e. The largest absolute Gasteiger partial charge is 0.477 e. The minimum absolute atomic E-state index is 0.543. The highest BCUT2D eigenvalue weighted by Crippen LogP contribution is 2.47. The van der Waals surface area contributed by atoms with Crippen molar-refractivity contribution >= 4 is 0 Å². The Hall–Kier alpha value is -1.97. The van der Waals surface area contributed by atoms with Gasteiger partial charge < -0.3 is 4.74 Å². The third kappa shape index (κ3) is 3.83. The van der Waals surface area contributed by atoms with Crippen molar-refractivity contribution in [2.45, 2.75) is 64.2 Å². The fraction of sp³-hybridized carbons (Fsp3) is 0.571. The zero-order chi connectivity index (χ0) is 17.2. The van der Waals surface area contributed by atoms with Crippen LogP contribution in [0.3, 0.4) is 0 Å². The number of aromatic nitrogens is 3. The van der Waals surface area contributed by atoms with Gasteiger partial charge in [-0.25, -0.2) is 4.98 Å². The van der Waals surface area contributed by atoms with E-state index in [0.717, 1.165) is 18.3 Å². The van der Waals surface area contributed by atoms with Gasteiger partial charge in [0.2, 0.25) is 5.88 Å². The maximum absolute atomic E-state index is 6.19. The van der Waals surface area contributed by atoms with Crippen LogP contribution in [0.4, 0.5) is 0 Å². The van der Waals surface area contributed by atoms with Gasteiger partial charge in [0.15, 0.2) is 0 Å². The zero-order valence-corrected chi connectivity index (χ0v) is 15.2. The van der Waals surface area contributed by atoms with Crippen molar-refractivity contribution in [1.82, 2.24) is 15.0 Å². The van der Waals surface area contributed by atoms with Gasteiger partial charge in [-0.3, -0.25) is 4.98 Å². The molecule has 0 aliphatic heterocycles. The van der Waals surface area contributed by atoms with Gasteiger partial charge in [-0.15, -0.1) is 0 Å². The summed E-state index contributed by atoms with van der Waals surface area (Å²) in [5.41, 5.74) is 3.63. The summed E-state index contributed by atoms with van der Waals surface area (Å²) in [4.78, 5) is 13.6. The summed E-state index contributed by atoms with van der Waals surface area (Å²) < 4.78 is 6.19. The molecule has 2 atom stereocenters. The lowest BCUT2D eigenvalue weighted by Crippen LogP contribution is -2.11. The molecule has 0 aromatic carbocycles. The first-order valence-corrected chi connectivity index (χ1v) is 9.59. The average molecular weight is 337 g/mol. The lowest BCUT2D eigenvalue weighted by molar-refractivity contribution is 0.276. The molecular weight excluding hydrogens is 310 g/mol. The number of hydrogen-bond donors (Lipinski definition) is 0. The van der Waals surface area contributed by atoms with Gasteiger partial charge in [-0.1, -0.05) is 25.3 Å². The van der Waals surface area contributed by atoms with Crippen LogP contribution in [0, 0.1) is 19.8 Å². The van der Waals surface area contributed by atoms with E-state index in [2.05, 4.69) is 34.0 Å². The molecule has 132 valence electrons. The van der Waals surface area contributed by atoms with Crippen LogP contribution in [0.25, 0.3) is 0 Å². The average Bonchev–Trinajstić information content (AvgIpc) is 3.41. The standard InChI is InChI=1S/C21H27N3O/c1-14-8-9-20(23-11-14)18-10-17(18)13-25-21-19(12-22-15(2)24-21)16-6-4-3-5-7-16/h8-9,11-12,16-18H,3-7,10,13H2,1-2H3/t17?,18-/m0/s1. The number of pyridine rings is 1. The Kier molecular flexibility index (Phi) is 4.69.